The van der Waals surface area contributed by atoms with Gasteiger partial charge >= 0.3 is 0 Å². The third kappa shape index (κ3) is 6.00. The molecule has 0 bridgehead atoms. The molecule has 1 saturated heterocycles. The predicted molar refractivity (Wildman–Crippen MR) is 139 cm³/mol. The summed E-state index contributed by atoms with van der Waals surface area (Å²) in [5, 5.41) is 10.9. The third-order valence-electron chi connectivity index (χ3n) is 4.95. The lowest BCUT2D eigenvalue weighted by molar-refractivity contribution is -0.123. The van der Waals surface area contributed by atoms with Crippen LogP contribution in [-0.2, 0) is 11.4 Å². The molecule has 1 fully saturated rings. The lowest BCUT2D eigenvalue weighted by Gasteiger charge is -2.15. The van der Waals surface area contributed by atoms with Crippen LogP contribution in [0.15, 0.2) is 77.7 Å². The summed E-state index contributed by atoms with van der Waals surface area (Å²) in [5.41, 5.74) is 4.62. The number of benzene rings is 3. The van der Waals surface area contributed by atoms with Gasteiger partial charge in [-0.2, -0.15) is 5.01 Å². The maximum absolute atomic E-state index is 12.9. The lowest BCUT2D eigenvalue weighted by Crippen LogP contribution is -2.44. The van der Waals surface area contributed by atoms with Crippen molar-refractivity contribution in [3.05, 3.63) is 94.4 Å². The first-order chi connectivity index (χ1) is 16.9. The van der Waals surface area contributed by atoms with Crippen molar-refractivity contribution < 1.29 is 24.2 Å². The number of rotatable bonds is 8. The standard InChI is InChI=1S/C26H22N2O5S2/c1-2-32-22-14-18(8-13-21(22)29)15-23-25(31)28(26(34)35-23)27-24(30)19-9-11-20(12-10-19)33-16-17-6-4-3-5-7-17/h3-15,29H,2,16H2,1H3,(H,27,30)/b23-15-. The van der Waals surface area contributed by atoms with E-state index in [1.54, 1.807) is 42.5 Å². The van der Waals surface area contributed by atoms with E-state index in [4.69, 9.17) is 21.7 Å². The van der Waals surface area contributed by atoms with E-state index in [0.29, 0.717) is 40.7 Å². The van der Waals surface area contributed by atoms with Crippen LogP contribution < -0.4 is 14.9 Å². The van der Waals surface area contributed by atoms with Crippen LogP contribution in [-0.4, -0.2) is 32.9 Å². The number of hydrogen-bond acceptors (Lipinski definition) is 7. The van der Waals surface area contributed by atoms with Crippen LogP contribution in [0.2, 0.25) is 0 Å². The number of hydrazine groups is 1. The van der Waals surface area contributed by atoms with Crippen molar-refractivity contribution >= 4 is 46.2 Å². The van der Waals surface area contributed by atoms with Gasteiger partial charge in [0.1, 0.15) is 12.4 Å². The number of thiocarbonyl (C=S) groups is 1. The summed E-state index contributed by atoms with van der Waals surface area (Å²) < 4.78 is 11.3. The highest BCUT2D eigenvalue weighted by Crippen LogP contribution is 2.33. The number of carbonyl (C=O) groups excluding carboxylic acids is 2. The fourth-order valence-corrected chi connectivity index (χ4v) is 4.40. The Kier molecular flexibility index (Phi) is 7.69. The molecular weight excluding hydrogens is 484 g/mol. The summed E-state index contributed by atoms with van der Waals surface area (Å²) in [6.07, 6.45) is 1.63. The molecule has 2 amide bonds. The van der Waals surface area contributed by atoms with Crippen LogP contribution in [0.25, 0.3) is 6.08 Å². The number of nitrogens with zero attached hydrogens (tertiary/aromatic N) is 1. The van der Waals surface area contributed by atoms with Gasteiger partial charge in [0.05, 0.1) is 11.5 Å². The SMILES string of the molecule is CCOc1cc(/C=C2\SC(=S)N(NC(=O)c3ccc(OCc4ccccc4)cc3)C2=O)ccc1O. The van der Waals surface area contributed by atoms with Crippen molar-refractivity contribution in [2.24, 2.45) is 0 Å². The van der Waals surface area contributed by atoms with Gasteiger partial charge in [-0.05, 0) is 72.7 Å². The third-order valence-corrected chi connectivity index (χ3v) is 6.26. The molecule has 0 atom stereocenters. The average Bonchev–Trinajstić information content (AvgIpc) is 3.13. The quantitative estimate of drug-likeness (QED) is 0.331. The predicted octanol–water partition coefficient (Wildman–Crippen LogP) is 4.92. The zero-order valence-electron chi connectivity index (χ0n) is 18.8. The highest BCUT2D eigenvalue weighted by Gasteiger charge is 2.33. The summed E-state index contributed by atoms with van der Waals surface area (Å²) in [6, 6.07) is 21.2. The van der Waals surface area contributed by atoms with E-state index in [0.717, 1.165) is 22.3 Å². The smallest absolute Gasteiger partial charge is 0.285 e. The maximum atomic E-state index is 12.9. The van der Waals surface area contributed by atoms with Crippen molar-refractivity contribution in [3.63, 3.8) is 0 Å². The minimum absolute atomic E-state index is 0.0142. The van der Waals surface area contributed by atoms with Crippen LogP contribution in [0.1, 0.15) is 28.4 Å². The first kappa shape index (κ1) is 24.3. The minimum atomic E-state index is -0.472. The Morgan fingerprint density at radius 3 is 2.54 bits per heavy atom. The number of thioether (sulfide) groups is 1. The van der Waals surface area contributed by atoms with Gasteiger partial charge in [-0.25, -0.2) is 0 Å². The molecule has 0 unspecified atom stereocenters. The fraction of sp³-hybridized carbons (Fsp3) is 0.115. The van der Waals surface area contributed by atoms with Gasteiger partial charge in [-0.3, -0.25) is 15.0 Å². The molecule has 7 nitrogen and oxygen atoms in total. The molecule has 0 aromatic heterocycles. The molecule has 1 aliphatic heterocycles. The highest BCUT2D eigenvalue weighted by atomic mass is 32.2. The molecule has 0 aliphatic carbocycles. The van der Waals surface area contributed by atoms with Crippen LogP contribution in [0.5, 0.6) is 17.2 Å². The van der Waals surface area contributed by atoms with Gasteiger partial charge in [0.15, 0.2) is 15.8 Å². The first-order valence-corrected chi connectivity index (χ1v) is 12.0. The number of hydrogen-bond donors (Lipinski definition) is 2. The Morgan fingerprint density at radius 1 is 1.09 bits per heavy atom. The minimum Gasteiger partial charge on any atom is -0.504 e. The molecule has 9 heteroatoms. The second kappa shape index (κ2) is 11.1. The largest absolute Gasteiger partial charge is 0.504 e. The second-order valence-corrected chi connectivity index (χ2v) is 9.09. The lowest BCUT2D eigenvalue weighted by atomic mass is 10.2. The molecule has 1 heterocycles. The summed E-state index contributed by atoms with van der Waals surface area (Å²) >= 11 is 6.37. The number of carbonyl (C=O) groups is 2. The van der Waals surface area contributed by atoms with E-state index in [2.05, 4.69) is 5.43 Å². The van der Waals surface area contributed by atoms with Crippen LogP contribution in [0.4, 0.5) is 0 Å². The summed E-state index contributed by atoms with van der Waals surface area (Å²) in [4.78, 5) is 25.9. The Morgan fingerprint density at radius 2 is 1.83 bits per heavy atom. The van der Waals surface area contributed by atoms with Crippen LogP contribution >= 0.6 is 24.0 Å². The summed E-state index contributed by atoms with van der Waals surface area (Å²) in [6.45, 7) is 2.62. The van der Waals surface area contributed by atoms with Crippen molar-refractivity contribution in [1.82, 2.24) is 10.4 Å². The molecule has 3 aromatic carbocycles. The molecule has 3 aromatic rings. The van der Waals surface area contributed by atoms with E-state index in [9.17, 15) is 14.7 Å². The Bertz CT molecular complexity index is 1280. The van der Waals surface area contributed by atoms with Gasteiger partial charge < -0.3 is 14.6 Å². The molecule has 35 heavy (non-hydrogen) atoms. The fourth-order valence-electron chi connectivity index (χ4n) is 3.22. The summed E-state index contributed by atoms with van der Waals surface area (Å²) in [7, 11) is 0. The van der Waals surface area contributed by atoms with Crippen molar-refractivity contribution in [2.45, 2.75) is 13.5 Å². The van der Waals surface area contributed by atoms with E-state index < -0.39 is 11.8 Å². The topological polar surface area (TPSA) is 88.1 Å². The number of amides is 2. The van der Waals surface area contributed by atoms with Crippen LogP contribution in [0, 0.1) is 0 Å². The zero-order chi connectivity index (χ0) is 24.8. The first-order valence-electron chi connectivity index (χ1n) is 10.8. The van der Waals surface area contributed by atoms with Gasteiger partial charge in [0.25, 0.3) is 11.8 Å². The number of phenolic OH excluding ortho intramolecular Hbond substituents is 1. The summed E-state index contributed by atoms with van der Waals surface area (Å²) in [5.74, 6) is 0.0448. The molecule has 0 spiro atoms. The number of phenols is 1. The van der Waals surface area contributed by atoms with Crippen molar-refractivity contribution in [3.8, 4) is 17.2 Å². The average molecular weight is 507 g/mol. The van der Waals surface area contributed by atoms with Gasteiger partial charge in [0.2, 0.25) is 0 Å². The number of aromatic hydroxyl groups is 1. The Labute approximate surface area is 212 Å². The van der Waals surface area contributed by atoms with Gasteiger partial charge in [0, 0.05) is 5.56 Å². The van der Waals surface area contributed by atoms with E-state index in [1.807, 2.05) is 37.3 Å². The number of nitrogens with one attached hydrogen (secondary N) is 1. The Balaban J connectivity index is 1.39. The molecule has 178 valence electrons. The molecule has 2 N–H and O–H groups in total. The number of ether oxygens (including phenoxy) is 2. The maximum Gasteiger partial charge on any atom is 0.285 e. The van der Waals surface area contributed by atoms with Gasteiger partial charge in [-0.15, -0.1) is 0 Å². The van der Waals surface area contributed by atoms with E-state index in [-0.39, 0.29) is 10.1 Å². The van der Waals surface area contributed by atoms with E-state index in [1.165, 1.54) is 6.07 Å². The zero-order valence-corrected chi connectivity index (χ0v) is 20.4. The molecule has 0 radical (unpaired) electrons. The molecule has 1 aliphatic rings. The van der Waals surface area contributed by atoms with Crippen molar-refractivity contribution in [2.75, 3.05) is 6.61 Å². The molecule has 0 saturated carbocycles. The van der Waals surface area contributed by atoms with E-state index >= 15 is 0 Å². The molecule has 4 rings (SSSR count). The highest BCUT2D eigenvalue weighted by molar-refractivity contribution is 8.26. The monoisotopic (exact) mass is 506 g/mol. The van der Waals surface area contributed by atoms with Crippen LogP contribution in [0.3, 0.4) is 0 Å². The molecular formula is C26H22N2O5S2. The Hall–Kier alpha value is -3.82. The van der Waals surface area contributed by atoms with Crippen molar-refractivity contribution in [1.29, 1.82) is 0 Å². The second-order valence-electron chi connectivity index (χ2n) is 7.42. The van der Waals surface area contributed by atoms with Gasteiger partial charge in [-0.1, -0.05) is 48.2 Å². The normalized spacial score (nSPS) is 14.3.